The summed E-state index contributed by atoms with van der Waals surface area (Å²) in [6, 6.07) is 0. The van der Waals surface area contributed by atoms with Gasteiger partial charge in [0, 0.05) is 5.57 Å². The zero-order chi connectivity index (χ0) is 10.2. The molecule has 0 aromatic carbocycles. The molecule has 0 radical (unpaired) electrons. The van der Waals surface area contributed by atoms with E-state index in [1.54, 1.807) is 6.92 Å². The summed E-state index contributed by atoms with van der Waals surface area (Å²) >= 11 is 6.05. The largest absolute Gasteiger partial charge is 0.492 e. The van der Waals surface area contributed by atoms with E-state index in [4.69, 9.17) is 4.74 Å². The molecule has 1 aliphatic rings. The first-order valence-corrected chi connectivity index (χ1v) is 4.98. The molecule has 0 heterocycles. The topological polar surface area (TPSA) is 43.4 Å². The Morgan fingerprint density at radius 2 is 1.54 bits per heavy atom. The fraction of sp³-hybridized carbons (Fsp3) is 0.250. The van der Waals surface area contributed by atoms with Crippen LogP contribution < -0.4 is 0 Å². The van der Waals surface area contributed by atoms with Gasteiger partial charge in [0.25, 0.3) is 0 Å². The summed E-state index contributed by atoms with van der Waals surface area (Å²) in [6.45, 7) is 1.56. The minimum absolute atomic E-state index is 0.0973. The second kappa shape index (κ2) is 3.75. The summed E-state index contributed by atoms with van der Waals surface area (Å²) in [4.78, 5) is 22.9. The van der Waals surface area contributed by atoms with Gasteiger partial charge in [0.15, 0.2) is 5.76 Å². The third kappa shape index (κ3) is 1.62. The van der Waals surface area contributed by atoms with Crippen LogP contribution in [0.25, 0.3) is 0 Å². The Hall–Kier alpha value is -0.420. The first-order valence-electron chi connectivity index (χ1n) is 3.40. The molecule has 0 aromatic heterocycles. The van der Waals surface area contributed by atoms with Crippen LogP contribution in [0.5, 0.6) is 0 Å². The van der Waals surface area contributed by atoms with Crippen LogP contribution in [0, 0.1) is 0 Å². The molecular weight excluding hydrogens is 304 g/mol. The molecule has 3 nitrogen and oxygen atoms in total. The predicted octanol–water partition coefficient (Wildman–Crippen LogP) is 2.06. The van der Waals surface area contributed by atoms with Crippen molar-refractivity contribution in [3.8, 4) is 0 Å². The highest BCUT2D eigenvalue weighted by Crippen LogP contribution is 2.31. The van der Waals surface area contributed by atoms with Crippen molar-refractivity contribution in [1.82, 2.24) is 0 Å². The van der Waals surface area contributed by atoms with Crippen molar-refractivity contribution in [2.75, 3.05) is 7.11 Å². The lowest BCUT2D eigenvalue weighted by molar-refractivity contribution is -0.117. The molecule has 0 unspecified atom stereocenters. The van der Waals surface area contributed by atoms with Crippen molar-refractivity contribution in [3.05, 3.63) is 20.3 Å². The molecule has 0 atom stereocenters. The van der Waals surface area contributed by atoms with Crippen LogP contribution in [0.3, 0.4) is 0 Å². The molecule has 0 N–H and O–H groups in total. The number of rotatable bonds is 1. The van der Waals surface area contributed by atoms with E-state index in [0.29, 0.717) is 5.57 Å². The molecule has 70 valence electrons. The van der Waals surface area contributed by atoms with Crippen molar-refractivity contribution in [2.45, 2.75) is 6.92 Å². The highest BCUT2D eigenvalue weighted by atomic mass is 79.9. The lowest BCUT2D eigenvalue weighted by atomic mass is 10.0. The first-order chi connectivity index (χ1) is 6.00. The summed E-state index contributed by atoms with van der Waals surface area (Å²) in [5.74, 6) is -0.449. The van der Waals surface area contributed by atoms with Crippen LogP contribution in [0.2, 0.25) is 0 Å². The summed E-state index contributed by atoms with van der Waals surface area (Å²) in [5.41, 5.74) is 0.322. The summed E-state index contributed by atoms with van der Waals surface area (Å²) in [5, 5.41) is 0. The van der Waals surface area contributed by atoms with Gasteiger partial charge in [-0.05, 0) is 38.8 Å². The third-order valence-corrected chi connectivity index (χ3v) is 3.73. The standard InChI is InChI=1S/C8H6Br2O3/c1-3-6(11)4(9)5(10)7(12)8(3)13-2/h1-2H3. The summed E-state index contributed by atoms with van der Waals surface area (Å²) in [6.07, 6.45) is 0. The highest BCUT2D eigenvalue weighted by Gasteiger charge is 2.30. The number of carbonyl (C=O) groups excluding carboxylic acids is 2. The Labute approximate surface area is 92.1 Å². The highest BCUT2D eigenvalue weighted by molar-refractivity contribution is 9.14. The average molecular weight is 310 g/mol. The summed E-state index contributed by atoms with van der Waals surface area (Å²) < 4.78 is 5.28. The smallest absolute Gasteiger partial charge is 0.236 e. The van der Waals surface area contributed by atoms with Gasteiger partial charge in [-0.2, -0.15) is 0 Å². The fourth-order valence-corrected chi connectivity index (χ4v) is 1.82. The molecular formula is C8H6Br2O3. The lowest BCUT2D eigenvalue weighted by Crippen LogP contribution is -2.19. The number of methoxy groups -OCH3 is 1. The second-order valence-electron chi connectivity index (χ2n) is 2.44. The van der Waals surface area contributed by atoms with Gasteiger partial charge < -0.3 is 4.74 Å². The Bertz CT molecular complexity index is 352. The monoisotopic (exact) mass is 308 g/mol. The van der Waals surface area contributed by atoms with E-state index in [1.165, 1.54) is 7.11 Å². The van der Waals surface area contributed by atoms with Crippen LogP contribution in [-0.2, 0) is 14.3 Å². The number of hydrogen-bond acceptors (Lipinski definition) is 3. The van der Waals surface area contributed by atoms with Gasteiger partial charge in [-0.1, -0.05) is 0 Å². The number of allylic oxidation sites excluding steroid dienone is 3. The molecule has 0 saturated carbocycles. The maximum absolute atomic E-state index is 11.5. The molecule has 1 rings (SSSR count). The van der Waals surface area contributed by atoms with Crippen LogP contribution in [0.1, 0.15) is 6.92 Å². The van der Waals surface area contributed by atoms with Gasteiger partial charge in [0.1, 0.15) is 0 Å². The van der Waals surface area contributed by atoms with Crippen LogP contribution >= 0.6 is 31.9 Å². The fourth-order valence-electron chi connectivity index (χ4n) is 0.983. The van der Waals surface area contributed by atoms with Crippen molar-refractivity contribution < 1.29 is 14.3 Å². The van der Waals surface area contributed by atoms with E-state index in [-0.39, 0.29) is 26.3 Å². The van der Waals surface area contributed by atoms with E-state index in [1.807, 2.05) is 0 Å². The normalized spacial score (nSPS) is 18.5. The molecule has 0 saturated heterocycles. The predicted molar refractivity (Wildman–Crippen MR) is 54.6 cm³/mol. The van der Waals surface area contributed by atoms with Crippen LogP contribution in [-0.4, -0.2) is 18.7 Å². The van der Waals surface area contributed by atoms with Crippen molar-refractivity contribution >= 4 is 43.4 Å². The number of halogens is 2. The van der Waals surface area contributed by atoms with Gasteiger partial charge in [0.05, 0.1) is 16.1 Å². The van der Waals surface area contributed by atoms with Gasteiger partial charge in [-0.3, -0.25) is 9.59 Å². The van der Waals surface area contributed by atoms with Gasteiger partial charge in [-0.15, -0.1) is 0 Å². The molecule has 0 amide bonds. The maximum Gasteiger partial charge on any atom is 0.236 e. The van der Waals surface area contributed by atoms with E-state index >= 15 is 0 Å². The van der Waals surface area contributed by atoms with Crippen LogP contribution in [0.4, 0.5) is 0 Å². The third-order valence-electron chi connectivity index (χ3n) is 1.68. The van der Waals surface area contributed by atoms with E-state index in [0.717, 1.165) is 0 Å². The van der Waals surface area contributed by atoms with Crippen molar-refractivity contribution in [2.24, 2.45) is 0 Å². The molecule has 0 aliphatic heterocycles. The maximum atomic E-state index is 11.5. The van der Waals surface area contributed by atoms with E-state index in [9.17, 15) is 9.59 Å². The first kappa shape index (κ1) is 10.7. The molecule has 0 bridgehead atoms. The number of ether oxygens (including phenoxy) is 1. The minimum atomic E-state index is -0.313. The Kier molecular flexibility index (Phi) is 3.08. The van der Waals surface area contributed by atoms with E-state index < -0.39 is 0 Å². The van der Waals surface area contributed by atoms with Crippen molar-refractivity contribution in [1.29, 1.82) is 0 Å². The van der Waals surface area contributed by atoms with E-state index in [2.05, 4.69) is 31.9 Å². The molecule has 0 aromatic rings. The van der Waals surface area contributed by atoms with Crippen LogP contribution in [0.15, 0.2) is 20.3 Å². The second-order valence-corrected chi connectivity index (χ2v) is 4.03. The number of carbonyl (C=O) groups is 2. The molecule has 13 heavy (non-hydrogen) atoms. The van der Waals surface area contributed by atoms with Crippen molar-refractivity contribution in [3.63, 3.8) is 0 Å². The number of ketones is 2. The quantitative estimate of drug-likeness (QED) is 0.696. The molecule has 0 fully saturated rings. The molecule has 5 heteroatoms. The zero-order valence-corrected chi connectivity index (χ0v) is 10.2. The average Bonchev–Trinajstić information content (AvgIpc) is 2.13. The van der Waals surface area contributed by atoms with Gasteiger partial charge >= 0.3 is 0 Å². The lowest BCUT2D eigenvalue weighted by Gasteiger charge is -2.14. The molecule has 0 spiro atoms. The Morgan fingerprint density at radius 1 is 1.08 bits per heavy atom. The minimum Gasteiger partial charge on any atom is -0.492 e. The zero-order valence-electron chi connectivity index (χ0n) is 6.98. The Balaban J connectivity index is 3.29. The Morgan fingerprint density at radius 3 is 2.00 bits per heavy atom. The number of hydrogen-bond donors (Lipinski definition) is 0. The SMILES string of the molecule is COC1=C(C)C(=O)C(Br)=C(Br)C1=O. The van der Waals surface area contributed by atoms with Gasteiger partial charge in [-0.25, -0.2) is 0 Å². The molecule has 1 aliphatic carbocycles. The van der Waals surface area contributed by atoms with Gasteiger partial charge in [0.2, 0.25) is 11.6 Å². The summed E-state index contributed by atoms with van der Waals surface area (Å²) in [7, 11) is 1.36. The number of Topliss-reactive ketones (excluding diaryl/α,β-unsaturated/α-hetero) is 2.